The lowest BCUT2D eigenvalue weighted by molar-refractivity contribution is -0.274. The normalized spacial score (nSPS) is 20.6. The predicted octanol–water partition coefficient (Wildman–Crippen LogP) is 6.28. The molecule has 2 fully saturated rings. The maximum Gasteiger partial charge on any atom is 0.573 e. The van der Waals surface area contributed by atoms with Gasteiger partial charge in [-0.2, -0.15) is 0 Å². The number of hydrogen-bond acceptors (Lipinski definition) is 5. The van der Waals surface area contributed by atoms with Crippen LogP contribution in [0.1, 0.15) is 57.6 Å². The molecule has 0 spiro atoms. The molecule has 2 aliphatic rings. The van der Waals surface area contributed by atoms with Gasteiger partial charge in [0.15, 0.2) is 0 Å². The Balaban J connectivity index is 1.15. The number of aryl methyl sites for hydroxylation is 1. The fourth-order valence-corrected chi connectivity index (χ4v) is 5.25. The summed E-state index contributed by atoms with van der Waals surface area (Å²) in [5.41, 5.74) is 3.82. The molecule has 0 radical (unpaired) electrons. The Morgan fingerprint density at radius 3 is 2.15 bits per heavy atom. The Bertz CT molecular complexity index is 1100. The Morgan fingerprint density at radius 1 is 0.949 bits per heavy atom. The van der Waals surface area contributed by atoms with E-state index in [0.29, 0.717) is 18.7 Å². The molecule has 0 atom stereocenters. The number of nitrogens with one attached hydrogen (secondary N) is 1. The summed E-state index contributed by atoms with van der Waals surface area (Å²) in [5, 5.41) is 3.40. The van der Waals surface area contributed by atoms with Crippen LogP contribution < -0.4 is 15.0 Å². The van der Waals surface area contributed by atoms with Crippen LogP contribution in [0.25, 0.3) is 0 Å². The van der Waals surface area contributed by atoms with E-state index in [2.05, 4.69) is 60.0 Å². The first-order valence-electron chi connectivity index (χ1n) is 13.8. The van der Waals surface area contributed by atoms with Crippen LogP contribution in [-0.2, 0) is 14.9 Å². The highest BCUT2D eigenvalue weighted by Crippen LogP contribution is 2.30. The van der Waals surface area contributed by atoms with E-state index < -0.39 is 6.36 Å². The van der Waals surface area contributed by atoms with E-state index in [0.717, 1.165) is 44.5 Å². The first kappa shape index (κ1) is 29.1. The molecule has 0 aromatic heterocycles. The largest absolute Gasteiger partial charge is 0.573 e. The standard InChI is InChI=1S/C30H40F3N3O3/c1-21-19-24(9-14-27(21)39-30(31,32)33)34-23-7-12-26(13-8-23)38-20-28(37)36-17-15-35(16-18-36)25-10-5-22(6-11-25)29(2,3)4/h5-6,9-11,14,19,23,26,34H,7-8,12-13,15-18,20H2,1-4H3. The highest BCUT2D eigenvalue weighted by Gasteiger charge is 2.32. The number of benzene rings is 2. The lowest BCUT2D eigenvalue weighted by atomic mass is 9.87. The summed E-state index contributed by atoms with van der Waals surface area (Å²) in [6.07, 6.45) is -1.27. The van der Waals surface area contributed by atoms with Crippen LogP contribution in [0.2, 0.25) is 0 Å². The van der Waals surface area contributed by atoms with E-state index >= 15 is 0 Å². The van der Waals surface area contributed by atoms with E-state index in [1.807, 2.05) is 4.90 Å². The molecule has 1 amide bonds. The molecule has 1 aliphatic heterocycles. The van der Waals surface area contributed by atoms with Crippen LogP contribution in [0, 0.1) is 6.92 Å². The van der Waals surface area contributed by atoms with Gasteiger partial charge in [-0.3, -0.25) is 4.79 Å². The number of carbonyl (C=O) groups excluding carboxylic acids is 1. The lowest BCUT2D eigenvalue weighted by Crippen LogP contribution is -2.50. The molecule has 214 valence electrons. The number of nitrogens with zero attached hydrogens (tertiary/aromatic N) is 2. The molecule has 1 heterocycles. The van der Waals surface area contributed by atoms with Crippen LogP contribution in [0.5, 0.6) is 5.75 Å². The van der Waals surface area contributed by atoms with Crippen LogP contribution >= 0.6 is 0 Å². The van der Waals surface area contributed by atoms with Crippen LogP contribution in [0.4, 0.5) is 24.5 Å². The second-order valence-electron chi connectivity index (χ2n) is 11.6. The fraction of sp³-hybridized carbons (Fsp3) is 0.567. The number of rotatable bonds is 7. The summed E-state index contributed by atoms with van der Waals surface area (Å²) in [5.74, 6) is -0.152. The van der Waals surface area contributed by atoms with Crippen molar-refractivity contribution in [3.05, 3.63) is 53.6 Å². The van der Waals surface area contributed by atoms with Gasteiger partial charge in [-0.1, -0.05) is 32.9 Å². The third-order valence-corrected chi connectivity index (χ3v) is 7.62. The number of hydrogen-bond donors (Lipinski definition) is 1. The maximum atomic E-state index is 12.8. The van der Waals surface area contributed by atoms with E-state index in [4.69, 9.17) is 4.74 Å². The number of ether oxygens (including phenoxy) is 2. The third kappa shape index (κ3) is 8.27. The molecule has 4 rings (SSSR count). The number of amides is 1. The van der Waals surface area contributed by atoms with Crippen LogP contribution in [0.15, 0.2) is 42.5 Å². The monoisotopic (exact) mass is 547 g/mol. The Kier molecular flexibility index (Phi) is 8.99. The maximum absolute atomic E-state index is 12.8. The molecule has 1 aliphatic carbocycles. The van der Waals surface area contributed by atoms with Gasteiger partial charge in [0, 0.05) is 43.6 Å². The van der Waals surface area contributed by atoms with Crippen molar-refractivity contribution < 1.29 is 27.4 Å². The average Bonchev–Trinajstić information content (AvgIpc) is 2.89. The second kappa shape index (κ2) is 12.1. The van der Waals surface area contributed by atoms with Crippen LogP contribution in [0.3, 0.4) is 0 Å². The number of alkyl halides is 3. The number of carbonyl (C=O) groups is 1. The van der Waals surface area contributed by atoms with Crippen molar-refractivity contribution in [2.75, 3.05) is 43.0 Å². The average molecular weight is 548 g/mol. The molecule has 39 heavy (non-hydrogen) atoms. The predicted molar refractivity (Wildman–Crippen MR) is 147 cm³/mol. The highest BCUT2D eigenvalue weighted by atomic mass is 19.4. The summed E-state index contributed by atoms with van der Waals surface area (Å²) in [4.78, 5) is 17.0. The first-order valence-corrected chi connectivity index (χ1v) is 13.8. The van der Waals surface area contributed by atoms with Crippen molar-refractivity contribution in [2.24, 2.45) is 0 Å². The Morgan fingerprint density at radius 2 is 1.59 bits per heavy atom. The molecule has 1 N–H and O–H groups in total. The van der Waals surface area contributed by atoms with Crippen molar-refractivity contribution in [1.29, 1.82) is 0 Å². The minimum atomic E-state index is -4.70. The topological polar surface area (TPSA) is 54.0 Å². The number of halogens is 3. The minimum absolute atomic E-state index is 0.0367. The summed E-state index contributed by atoms with van der Waals surface area (Å²) < 4.78 is 47.5. The smallest absolute Gasteiger partial charge is 0.406 e. The molecule has 1 saturated carbocycles. The van der Waals surface area contributed by atoms with Crippen molar-refractivity contribution in [3.63, 3.8) is 0 Å². The summed E-state index contributed by atoms with van der Waals surface area (Å²) >= 11 is 0. The molecule has 6 nitrogen and oxygen atoms in total. The van der Waals surface area contributed by atoms with E-state index in [1.165, 1.54) is 17.3 Å². The van der Waals surface area contributed by atoms with Gasteiger partial charge in [0.25, 0.3) is 0 Å². The van der Waals surface area contributed by atoms with Crippen molar-refractivity contribution in [2.45, 2.75) is 77.3 Å². The summed E-state index contributed by atoms with van der Waals surface area (Å²) in [6.45, 7) is 11.3. The van der Waals surface area contributed by atoms with Gasteiger partial charge in [-0.05, 0) is 79.5 Å². The van der Waals surface area contributed by atoms with Gasteiger partial charge in [0.05, 0.1) is 6.10 Å². The van der Waals surface area contributed by atoms with E-state index in [9.17, 15) is 18.0 Å². The molecule has 0 bridgehead atoms. The molecule has 2 aromatic carbocycles. The van der Waals surface area contributed by atoms with Crippen molar-refractivity contribution in [3.8, 4) is 5.75 Å². The minimum Gasteiger partial charge on any atom is -0.406 e. The first-order chi connectivity index (χ1) is 18.4. The van der Waals surface area contributed by atoms with Gasteiger partial charge in [-0.25, -0.2) is 0 Å². The molecular weight excluding hydrogens is 507 g/mol. The SMILES string of the molecule is Cc1cc(NC2CCC(OCC(=O)N3CCN(c4ccc(C(C)(C)C)cc4)CC3)CC2)ccc1OC(F)(F)F. The quantitative estimate of drug-likeness (QED) is 0.442. The zero-order valence-corrected chi connectivity index (χ0v) is 23.3. The summed E-state index contributed by atoms with van der Waals surface area (Å²) in [7, 11) is 0. The van der Waals surface area contributed by atoms with Crippen LogP contribution in [-0.4, -0.2) is 62.1 Å². The Hall–Kier alpha value is -2.94. The van der Waals surface area contributed by atoms with Gasteiger partial charge in [0.1, 0.15) is 12.4 Å². The van der Waals surface area contributed by atoms with Crippen molar-refractivity contribution >= 4 is 17.3 Å². The Labute approximate surface area is 229 Å². The molecule has 9 heteroatoms. The molecule has 0 unspecified atom stereocenters. The van der Waals surface area contributed by atoms with E-state index in [1.54, 1.807) is 19.1 Å². The zero-order valence-electron chi connectivity index (χ0n) is 23.3. The molecule has 2 aromatic rings. The third-order valence-electron chi connectivity index (χ3n) is 7.62. The lowest BCUT2D eigenvalue weighted by Gasteiger charge is -2.37. The van der Waals surface area contributed by atoms with Gasteiger partial charge < -0.3 is 24.6 Å². The number of anilines is 2. The van der Waals surface area contributed by atoms with Crippen molar-refractivity contribution in [1.82, 2.24) is 4.90 Å². The zero-order chi connectivity index (χ0) is 28.2. The fourth-order valence-electron chi connectivity index (χ4n) is 5.25. The molecular formula is C30H40F3N3O3. The highest BCUT2D eigenvalue weighted by molar-refractivity contribution is 5.77. The molecule has 1 saturated heterocycles. The second-order valence-corrected chi connectivity index (χ2v) is 11.6. The summed E-state index contributed by atoms with van der Waals surface area (Å²) in [6, 6.07) is 13.5. The van der Waals surface area contributed by atoms with Gasteiger partial charge in [0.2, 0.25) is 5.91 Å². The van der Waals surface area contributed by atoms with Gasteiger partial charge in [-0.15, -0.1) is 13.2 Å². The number of piperazine rings is 1. The van der Waals surface area contributed by atoms with Gasteiger partial charge >= 0.3 is 6.36 Å². The van der Waals surface area contributed by atoms with E-state index in [-0.39, 0.29) is 35.8 Å².